The molecule has 0 unspecified atom stereocenters. The highest BCUT2D eigenvalue weighted by Crippen LogP contribution is 2.43. The van der Waals surface area contributed by atoms with Crippen LogP contribution < -0.4 is 11.1 Å². The lowest BCUT2D eigenvalue weighted by Gasteiger charge is -2.32. The van der Waals surface area contributed by atoms with Crippen LogP contribution in [0.1, 0.15) is 51.5 Å². The lowest BCUT2D eigenvalue weighted by Crippen LogP contribution is -2.29. The van der Waals surface area contributed by atoms with E-state index in [2.05, 4.69) is 19.2 Å². The number of anilines is 1. The fourth-order valence-electron chi connectivity index (χ4n) is 3.60. The van der Waals surface area contributed by atoms with Crippen molar-refractivity contribution in [3.63, 3.8) is 0 Å². The molecule has 1 aromatic rings. The van der Waals surface area contributed by atoms with Crippen LogP contribution in [0.3, 0.4) is 0 Å². The van der Waals surface area contributed by atoms with Gasteiger partial charge in [-0.05, 0) is 48.8 Å². The minimum atomic E-state index is 0.393. The lowest BCUT2D eigenvalue weighted by molar-refractivity contribution is 0.252. The number of thiocarbonyl (C=S) groups is 1. The summed E-state index contributed by atoms with van der Waals surface area (Å²) in [7, 11) is 0. The molecule has 0 radical (unpaired) electrons. The molecule has 0 saturated heterocycles. The van der Waals surface area contributed by atoms with Crippen LogP contribution in [0.15, 0.2) is 18.2 Å². The van der Waals surface area contributed by atoms with E-state index in [0.29, 0.717) is 15.4 Å². The van der Waals surface area contributed by atoms with Gasteiger partial charge in [0, 0.05) is 22.8 Å². The Hall–Kier alpha value is -0.800. The third kappa shape index (κ3) is 4.33. The van der Waals surface area contributed by atoms with E-state index in [1.54, 1.807) is 0 Å². The highest BCUT2D eigenvalue weighted by molar-refractivity contribution is 7.80. The van der Waals surface area contributed by atoms with E-state index in [1.807, 2.05) is 18.2 Å². The van der Waals surface area contributed by atoms with E-state index in [-0.39, 0.29) is 0 Å². The van der Waals surface area contributed by atoms with Gasteiger partial charge in [0.1, 0.15) is 4.99 Å². The van der Waals surface area contributed by atoms with Gasteiger partial charge in [-0.25, -0.2) is 0 Å². The Morgan fingerprint density at radius 1 is 1.38 bits per heavy atom. The number of nitrogens with two attached hydrogens (primary N) is 1. The maximum absolute atomic E-state index is 6.04. The third-order valence-electron chi connectivity index (χ3n) is 4.41. The first-order valence-electron chi connectivity index (χ1n) is 7.75. The third-order valence-corrected chi connectivity index (χ3v) is 4.86. The molecule has 2 rings (SSSR count). The average molecular weight is 325 g/mol. The lowest BCUT2D eigenvalue weighted by atomic mass is 9.78. The topological polar surface area (TPSA) is 38.0 Å². The number of rotatable bonds is 6. The minimum Gasteiger partial charge on any atom is -0.389 e. The number of benzene rings is 1. The molecule has 0 heterocycles. The van der Waals surface area contributed by atoms with E-state index in [9.17, 15) is 0 Å². The van der Waals surface area contributed by atoms with Gasteiger partial charge in [0.2, 0.25) is 0 Å². The molecule has 2 nitrogen and oxygen atoms in total. The predicted molar refractivity (Wildman–Crippen MR) is 96.2 cm³/mol. The molecular weight excluding hydrogens is 300 g/mol. The highest BCUT2D eigenvalue weighted by atomic mass is 35.5. The Morgan fingerprint density at radius 3 is 2.62 bits per heavy atom. The zero-order valence-corrected chi connectivity index (χ0v) is 14.5. The summed E-state index contributed by atoms with van der Waals surface area (Å²) in [4.78, 5) is 0.393. The van der Waals surface area contributed by atoms with Gasteiger partial charge in [0.25, 0.3) is 0 Å². The Balaban J connectivity index is 2.12. The molecule has 1 saturated carbocycles. The van der Waals surface area contributed by atoms with Gasteiger partial charge in [-0.1, -0.05) is 50.5 Å². The predicted octanol–water partition coefficient (Wildman–Crippen LogP) is 4.99. The van der Waals surface area contributed by atoms with E-state index >= 15 is 0 Å². The first kappa shape index (κ1) is 16.6. The molecule has 21 heavy (non-hydrogen) atoms. The Kier molecular flexibility index (Phi) is 5.50. The molecule has 0 bridgehead atoms. The van der Waals surface area contributed by atoms with Crippen molar-refractivity contribution in [2.24, 2.45) is 17.1 Å². The molecule has 4 heteroatoms. The van der Waals surface area contributed by atoms with Gasteiger partial charge >= 0.3 is 0 Å². The van der Waals surface area contributed by atoms with E-state index in [4.69, 9.17) is 29.6 Å². The van der Waals surface area contributed by atoms with Crippen LogP contribution in [0.25, 0.3) is 0 Å². The number of hydrogen-bond donors (Lipinski definition) is 2. The molecule has 0 aliphatic heterocycles. The van der Waals surface area contributed by atoms with Crippen LogP contribution in [0.2, 0.25) is 5.02 Å². The average Bonchev–Trinajstić information content (AvgIpc) is 2.85. The van der Waals surface area contributed by atoms with Crippen molar-refractivity contribution in [1.29, 1.82) is 0 Å². The smallest absolute Gasteiger partial charge is 0.106 e. The Labute approximate surface area is 138 Å². The second-order valence-corrected chi connectivity index (χ2v) is 7.59. The van der Waals surface area contributed by atoms with Crippen molar-refractivity contribution in [1.82, 2.24) is 0 Å². The van der Waals surface area contributed by atoms with E-state index in [1.165, 1.54) is 32.1 Å². The van der Waals surface area contributed by atoms with Gasteiger partial charge in [0.15, 0.2) is 0 Å². The van der Waals surface area contributed by atoms with Crippen LogP contribution in [0, 0.1) is 11.3 Å². The van der Waals surface area contributed by atoms with Crippen LogP contribution in [0.4, 0.5) is 5.69 Å². The maximum atomic E-state index is 6.04. The number of nitrogens with one attached hydrogen (secondary N) is 1. The minimum absolute atomic E-state index is 0.393. The first-order chi connectivity index (χ1) is 9.92. The zero-order valence-electron chi connectivity index (χ0n) is 12.9. The Morgan fingerprint density at radius 2 is 2.05 bits per heavy atom. The van der Waals surface area contributed by atoms with Gasteiger partial charge in [0.05, 0.1) is 0 Å². The molecule has 116 valence electrons. The summed E-state index contributed by atoms with van der Waals surface area (Å²) in [6.07, 6.45) is 6.59. The van der Waals surface area contributed by atoms with Gasteiger partial charge in [-0.15, -0.1) is 0 Å². The second-order valence-electron chi connectivity index (χ2n) is 6.71. The molecular formula is C17H25ClN2S. The summed E-state index contributed by atoms with van der Waals surface area (Å²) in [5, 5.41) is 4.25. The zero-order chi connectivity index (χ0) is 15.5. The van der Waals surface area contributed by atoms with Gasteiger partial charge in [-0.2, -0.15) is 0 Å². The molecule has 1 aromatic carbocycles. The summed E-state index contributed by atoms with van der Waals surface area (Å²) in [5.74, 6) is 0.727. The molecule has 1 aliphatic rings. The normalized spacial score (nSPS) is 17.1. The van der Waals surface area contributed by atoms with Crippen LogP contribution in [-0.4, -0.2) is 11.5 Å². The molecule has 0 aromatic heterocycles. The highest BCUT2D eigenvalue weighted by Gasteiger charge is 2.34. The van der Waals surface area contributed by atoms with Crippen molar-refractivity contribution in [3.8, 4) is 0 Å². The largest absolute Gasteiger partial charge is 0.389 e. The van der Waals surface area contributed by atoms with Gasteiger partial charge < -0.3 is 11.1 Å². The quantitative estimate of drug-likeness (QED) is 0.724. The Bertz CT molecular complexity index is 508. The molecule has 0 amide bonds. The molecule has 0 spiro atoms. The maximum Gasteiger partial charge on any atom is 0.106 e. The fourth-order valence-corrected chi connectivity index (χ4v) is 3.94. The van der Waals surface area contributed by atoms with Crippen LogP contribution in [-0.2, 0) is 0 Å². The van der Waals surface area contributed by atoms with Crippen molar-refractivity contribution in [2.45, 2.75) is 46.0 Å². The monoisotopic (exact) mass is 324 g/mol. The van der Waals surface area contributed by atoms with Crippen molar-refractivity contribution in [2.75, 3.05) is 11.9 Å². The summed E-state index contributed by atoms with van der Waals surface area (Å²) >= 11 is 11.2. The van der Waals surface area contributed by atoms with Gasteiger partial charge in [-0.3, -0.25) is 0 Å². The van der Waals surface area contributed by atoms with Crippen LogP contribution >= 0.6 is 23.8 Å². The summed E-state index contributed by atoms with van der Waals surface area (Å²) in [6, 6.07) is 5.71. The second kappa shape index (κ2) is 6.97. The van der Waals surface area contributed by atoms with Crippen LogP contribution in [0.5, 0.6) is 0 Å². The number of hydrogen-bond acceptors (Lipinski definition) is 2. The fraction of sp³-hybridized carbons (Fsp3) is 0.588. The summed E-state index contributed by atoms with van der Waals surface area (Å²) in [5.41, 5.74) is 8.08. The number of halogens is 1. The van der Waals surface area contributed by atoms with Crippen molar-refractivity contribution in [3.05, 3.63) is 28.8 Å². The first-order valence-corrected chi connectivity index (χ1v) is 8.54. The molecule has 0 atom stereocenters. The van der Waals surface area contributed by atoms with E-state index in [0.717, 1.165) is 23.7 Å². The standard InChI is InChI=1S/C17H25ClN2S/c1-12(2)10-17(7-3-4-8-17)11-20-15-6-5-13(18)9-14(15)16(19)21/h5-6,9,12,20H,3-4,7-8,10-11H2,1-2H3,(H2,19,21). The van der Waals surface area contributed by atoms with E-state index < -0.39 is 0 Å². The molecule has 3 N–H and O–H groups in total. The molecule has 1 fully saturated rings. The van der Waals surface area contributed by atoms with Crippen molar-refractivity contribution < 1.29 is 0 Å². The summed E-state index contributed by atoms with van der Waals surface area (Å²) in [6.45, 7) is 5.61. The SMILES string of the molecule is CC(C)CC1(CNc2ccc(Cl)cc2C(N)=S)CCCC1. The molecule has 1 aliphatic carbocycles. The summed E-state index contributed by atoms with van der Waals surface area (Å²) < 4.78 is 0. The van der Waals surface area contributed by atoms with Crippen molar-refractivity contribution >= 4 is 34.5 Å².